The molecule has 0 fully saturated rings. The van der Waals surface area contributed by atoms with Crippen molar-refractivity contribution in [3.8, 4) is 0 Å². The Hall–Kier alpha value is -1.11. The first kappa shape index (κ1) is 16.9. The molecule has 2 N–H and O–H groups in total. The van der Waals surface area contributed by atoms with Gasteiger partial charge in [0.15, 0.2) is 0 Å². The van der Waals surface area contributed by atoms with Gasteiger partial charge < -0.3 is 10.5 Å². The van der Waals surface area contributed by atoms with Gasteiger partial charge in [0.1, 0.15) is 0 Å². The van der Waals surface area contributed by atoms with Crippen LogP contribution in [0.25, 0.3) is 0 Å². The minimum absolute atomic E-state index is 0.244. The summed E-state index contributed by atoms with van der Waals surface area (Å²) in [5.41, 5.74) is 8.72. The molecular weight excluding hydrogens is 276 g/mol. The largest absolute Gasteiger partial charge is 0.398 e. The second-order valence-corrected chi connectivity index (χ2v) is 7.14. The molecule has 1 aromatic carbocycles. The zero-order chi connectivity index (χ0) is 15.7. The zero-order valence-corrected chi connectivity index (χ0v) is 13.8. The average Bonchev–Trinajstić information content (AvgIpc) is 2.35. The third-order valence-corrected chi connectivity index (χ3v) is 5.89. The van der Waals surface area contributed by atoms with Gasteiger partial charge >= 0.3 is 0 Å². The fraction of sp³-hybridized carbons (Fsp3) is 0.571. The smallest absolute Gasteiger partial charge is 0.243 e. The summed E-state index contributed by atoms with van der Waals surface area (Å²) in [4.78, 5) is 0.297. The summed E-state index contributed by atoms with van der Waals surface area (Å²) >= 11 is 0. The molecule has 1 unspecified atom stereocenters. The zero-order valence-electron chi connectivity index (χ0n) is 13.0. The Bertz CT molecular complexity index is 597. The molecule has 20 heavy (non-hydrogen) atoms. The van der Waals surface area contributed by atoms with E-state index < -0.39 is 10.0 Å². The highest BCUT2D eigenvalue weighted by atomic mass is 32.2. The van der Waals surface area contributed by atoms with Gasteiger partial charge in [-0.2, -0.15) is 4.31 Å². The van der Waals surface area contributed by atoms with Crippen LogP contribution in [0.15, 0.2) is 11.0 Å². The van der Waals surface area contributed by atoms with Gasteiger partial charge in [-0.3, -0.25) is 0 Å². The van der Waals surface area contributed by atoms with Crippen LogP contribution >= 0.6 is 0 Å². The van der Waals surface area contributed by atoms with E-state index in [9.17, 15) is 8.42 Å². The normalized spacial score (nSPS) is 13.8. The molecular formula is C14H24N2O3S. The Balaban J connectivity index is 3.40. The van der Waals surface area contributed by atoms with Crippen LogP contribution in [0.4, 0.5) is 5.69 Å². The highest BCUT2D eigenvalue weighted by Gasteiger charge is 2.29. The van der Waals surface area contributed by atoms with Gasteiger partial charge in [0, 0.05) is 25.9 Å². The van der Waals surface area contributed by atoms with Gasteiger partial charge in [-0.25, -0.2) is 8.42 Å². The number of hydrogen-bond acceptors (Lipinski definition) is 4. The number of likely N-dealkylation sites (N-methyl/N-ethyl adjacent to an activating group) is 1. The summed E-state index contributed by atoms with van der Waals surface area (Å²) < 4.78 is 31.9. The monoisotopic (exact) mass is 300 g/mol. The molecule has 0 aliphatic heterocycles. The SMILES string of the molecule is COCC(C)N(C)S(=O)(=O)c1c(C)cc(C)c(N)c1C. The molecule has 1 rings (SSSR count). The van der Waals surface area contributed by atoms with Gasteiger partial charge in [0.05, 0.1) is 11.5 Å². The summed E-state index contributed by atoms with van der Waals surface area (Å²) in [6.45, 7) is 7.57. The molecule has 114 valence electrons. The summed E-state index contributed by atoms with van der Waals surface area (Å²) in [5, 5.41) is 0. The van der Waals surface area contributed by atoms with E-state index in [0.717, 1.165) is 5.56 Å². The number of ether oxygens (including phenoxy) is 1. The predicted octanol–water partition coefficient (Wildman–Crippen LogP) is 1.85. The first-order valence-corrected chi connectivity index (χ1v) is 7.91. The van der Waals surface area contributed by atoms with Gasteiger partial charge in [0.2, 0.25) is 10.0 Å². The number of nitrogen functional groups attached to an aromatic ring is 1. The highest BCUT2D eigenvalue weighted by molar-refractivity contribution is 7.89. The van der Waals surface area contributed by atoms with Crippen molar-refractivity contribution in [2.45, 2.75) is 38.6 Å². The standard InChI is InChI=1S/C14H24N2O3S/c1-9-7-10(2)14(12(4)13(9)15)20(17,18)16(5)11(3)8-19-6/h7,11H,8,15H2,1-6H3. The molecule has 0 saturated heterocycles. The second kappa shape index (κ2) is 6.11. The van der Waals surface area contributed by atoms with E-state index in [4.69, 9.17) is 10.5 Å². The number of benzene rings is 1. The lowest BCUT2D eigenvalue weighted by Gasteiger charge is -2.26. The molecule has 1 atom stereocenters. The van der Waals surface area contributed by atoms with Crippen molar-refractivity contribution >= 4 is 15.7 Å². The van der Waals surface area contributed by atoms with Crippen LogP contribution in [0, 0.1) is 20.8 Å². The maximum Gasteiger partial charge on any atom is 0.243 e. The fourth-order valence-electron chi connectivity index (χ4n) is 2.31. The van der Waals surface area contributed by atoms with Gasteiger partial charge in [-0.15, -0.1) is 0 Å². The van der Waals surface area contributed by atoms with Crippen LogP contribution in [0.2, 0.25) is 0 Å². The molecule has 0 spiro atoms. The fourth-order valence-corrected chi connectivity index (χ4v) is 4.09. The first-order chi connectivity index (χ1) is 9.14. The average molecular weight is 300 g/mol. The molecule has 0 saturated carbocycles. The van der Waals surface area contributed by atoms with Crippen LogP contribution < -0.4 is 5.73 Å². The molecule has 5 nitrogen and oxygen atoms in total. The maximum atomic E-state index is 12.8. The number of nitrogens with two attached hydrogens (primary N) is 1. The van der Waals surface area contributed by atoms with E-state index in [1.807, 2.05) is 19.9 Å². The quantitative estimate of drug-likeness (QED) is 0.842. The van der Waals surface area contributed by atoms with Crippen LogP contribution in [0.5, 0.6) is 0 Å². The number of rotatable bonds is 5. The van der Waals surface area contributed by atoms with Crippen molar-refractivity contribution in [3.05, 3.63) is 22.8 Å². The topological polar surface area (TPSA) is 72.6 Å². The summed E-state index contributed by atoms with van der Waals surface area (Å²) in [6.07, 6.45) is 0. The lowest BCUT2D eigenvalue weighted by molar-refractivity contribution is 0.149. The van der Waals surface area contributed by atoms with E-state index in [1.54, 1.807) is 28.0 Å². The van der Waals surface area contributed by atoms with Gasteiger partial charge in [0.25, 0.3) is 0 Å². The molecule has 6 heteroatoms. The summed E-state index contributed by atoms with van der Waals surface area (Å²) in [5.74, 6) is 0. The van der Waals surface area contributed by atoms with Crippen LogP contribution in [-0.2, 0) is 14.8 Å². The lowest BCUT2D eigenvalue weighted by Crippen LogP contribution is -2.38. The van der Waals surface area contributed by atoms with E-state index in [0.29, 0.717) is 28.3 Å². The van der Waals surface area contributed by atoms with Crippen molar-refractivity contribution < 1.29 is 13.2 Å². The minimum Gasteiger partial charge on any atom is -0.398 e. The van der Waals surface area contributed by atoms with Crippen molar-refractivity contribution in [1.82, 2.24) is 4.31 Å². The Morgan fingerprint density at radius 3 is 2.35 bits per heavy atom. The van der Waals surface area contributed by atoms with Crippen molar-refractivity contribution in [1.29, 1.82) is 0 Å². The highest BCUT2D eigenvalue weighted by Crippen LogP contribution is 2.30. The number of methoxy groups -OCH3 is 1. The number of anilines is 1. The number of hydrogen-bond donors (Lipinski definition) is 1. The van der Waals surface area contributed by atoms with Gasteiger partial charge in [-0.05, 0) is 44.4 Å². The molecule has 0 heterocycles. The number of aryl methyl sites for hydroxylation is 2. The van der Waals surface area contributed by atoms with Gasteiger partial charge in [-0.1, -0.05) is 6.07 Å². The molecule has 0 aromatic heterocycles. The first-order valence-electron chi connectivity index (χ1n) is 6.47. The van der Waals surface area contributed by atoms with Crippen LogP contribution in [-0.4, -0.2) is 39.5 Å². The minimum atomic E-state index is -3.59. The Morgan fingerprint density at radius 1 is 1.30 bits per heavy atom. The molecule has 0 radical (unpaired) electrons. The van der Waals surface area contributed by atoms with Crippen LogP contribution in [0.1, 0.15) is 23.6 Å². The second-order valence-electron chi connectivity index (χ2n) is 5.20. The molecule has 1 aromatic rings. The van der Waals surface area contributed by atoms with Crippen LogP contribution in [0.3, 0.4) is 0 Å². The summed E-state index contributed by atoms with van der Waals surface area (Å²) in [7, 11) is -0.471. The van der Waals surface area contributed by atoms with E-state index >= 15 is 0 Å². The number of nitrogens with zero attached hydrogens (tertiary/aromatic N) is 1. The van der Waals surface area contributed by atoms with Crippen molar-refractivity contribution in [2.75, 3.05) is 26.5 Å². The molecule has 0 bridgehead atoms. The lowest BCUT2D eigenvalue weighted by atomic mass is 10.1. The maximum absolute atomic E-state index is 12.8. The molecule has 0 amide bonds. The van der Waals surface area contributed by atoms with E-state index in [1.165, 1.54) is 4.31 Å². The molecule has 0 aliphatic rings. The van der Waals surface area contributed by atoms with E-state index in [-0.39, 0.29) is 6.04 Å². The third kappa shape index (κ3) is 2.97. The summed E-state index contributed by atoms with van der Waals surface area (Å²) in [6, 6.07) is 1.57. The Labute approximate surface area is 121 Å². The third-order valence-electron chi connectivity index (χ3n) is 3.63. The molecule has 0 aliphatic carbocycles. The number of sulfonamides is 1. The Kier molecular flexibility index (Phi) is 5.18. The predicted molar refractivity (Wildman–Crippen MR) is 81.4 cm³/mol. The van der Waals surface area contributed by atoms with E-state index in [2.05, 4.69) is 0 Å². The van der Waals surface area contributed by atoms with Crippen molar-refractivity contribution in [2.24, 2.45) is 0 Å². The van der Waals surface area contributed by atoms with Crippen molar-refractivity contribution in [3.63, 3.8) is 0 Å². The Morgan fingerprint density at radius 2 is 1.85 bits per heavy atom.